The van der Waals surface area contributed by atoms with Crippen LogP contribution in [0.1, 0.15) is 59.1 Å². The number of hydrogen-bond acceptors (Lipinski definition) is 8. The van der Waals surface area contributed by atoms with Crippen molar-refractivity contribution < 1.29 is 33.2 Å². The maximum atomic E-state index is 14.3. The molecule has 0 fully saturated rings. The molecule has 1 aliphatic rings. The van der Waals surface area contributed by atoms with Crippen LogP contribution >= 0.6 is 0 Å². The Kier molecular flexibility index (Phi) is 9.44. The van der Waals surface area contributed by atoms with Gasteiger partial charge in [0.1, 0.15) is 5.41 Å². The summed E-state index contributed by atoms with van der Waals surface area (Å²) in [5.74, 6) is -2.97. The van der Waals surface area contributed by atoms with E-state index in [4.69, 9.17) is 13.9 Å². The first-order chi connectivity index (χ1) is 19.3. The van der Waals surface area contributed by atoms with Gasteiger partial charge in [-0.1, -0.05) is 77.9 Å². The quantitative estimate of drug-likeness (QED) is 0.111. The highest BCUT2D eigenvalue weighted by molar-refractivity contribution is 6.77. The molecule has 2 aromatic rings. The van der Waals surface area contributed by atoms with E-state index in [0.29, 0.717) is 11.3 Å². The molecule has 1 N–H and O–H groups in total. The van der Waals surface area contributed by atoms with Crippen LogP contribution in [-0.2, 0) is 39.1 Å². The molecule has 1 amide bonds. The zero-order valence-electron chi connectivity index (χ0n) is 25.0. The van der Waals surface area contributed by atoms with Crippen LogP contribution < -0.4 is 5.32 Å². The predicted molar refractivity (Wildman–Crippen MR) is 157 cm³/mol. The molecule has 11 heteroatoms. The van der Waals surface area contributed by atoms with Crippen molar-refractivity contribution >= 4 is 37.5 Å². The average Bonchev–Trinajstić information content (AvgIpc) is 3.22. The largest absolute Gasteiger partial charge is 0.468 e. The van der Waals surface area contributed by atoms with Crippen LogP contribution in [0.15, 0.2) is 48.5 Å². The Bertz CT molecular complexity index is 1290. The second-order valence-electron chi connectivity index (χ2n) is 11.3. The lowest BCUT2D eigenvalue weighted by atomic mass is 9.55. The monoisotopic (exact) mass is 584 g/mol. The van der Waals surface area contributed by atoms with Crippen LogP contribution in [-0.4, -0.2) is 51.9 Å². The van der Waals surface area contributed by atoms with Crippen molar-refractivity contribution in [2.75, 3.05) is 26.1 Å². The molecule has 0 radical (unpaired) electrons. The summed E-state index contributed by atoms with van der Waals surface area (Å²) in [4.78, 5) is 54.1. The fraction of sp³-hybridized carbons (Fsp3) is 0.500. The van der Waals surface area contributed by atoms with Crippen molar-refractivity contribution in [3.63, 3.8) is 0 Å². The molecule has 0 spiro atoms. The van der Waals surface area contributed by atoms with E-state index in [0.717, 1.165) is 14.2 Å². The number of nitrogens with one attached hydrogen (secondary N) is 1. The molecule has 10 nitrogen and oxygen atoms in total. The highest BCUT2D eigenvalue weighted by Gasteiger charge is 2.72. The number of esters is 2. The Morgan fingerprint density at radius 3 is 1.95 bits per heavy atom. The van der Waals surface area contributed by atoms with Crippen LogP contribution in [0.25, 0.3) is 0 Å². The van der Waals surface area contributed by atoms with Crippen LogP contribution in [0, 0.1) is 10.1 Å². The normalized spacial score (nSPS) is 17.0. The van der Waals surface area contributed by atoms with Crippen LogP contribution in [0.5, 0.6) is 0 Å². The molecule has 222 valence electrons. The van der Waals surface area contributed by atoms with Crippen LogP contribution in [0.2, 0.25) is 16.6 Å². The lowest BCUT2D eigenvalue weighted by molar-refractivity contribution is -0.386. The topological polar surface area (TPSA) is 134 Å². The van der Waals surface area contributed by atoms with E-state index in [1.807, 2.05) is 0 Å². The van der Waals surface area contributed by atoms with Gasteiger partial charge in [-0.2, -0.15) is 0 Å². The summed E-state index contributed by atoms with van der Waals surface area (Å²) >= 11 is 0. The third-order valence-corrected chi connectivity index (χ3v) is 14.8. The number of nitro groups is 1. The predicted octanol–water partition coefficient (Wildman–Crippen LogP) is 5.65. The number of methoxy groups -OCH3 is 2. The standard InChI is InChI=1S/C30H40N2O8Si/c1-19(2)41(20(3)4,21(5)6)40-18-17-29(22-13-9-11-15-24(22)31-26(29)33)30(27(34)38-7,28(35)39-8)23-14-10-12-16-25(23)32(36)37/h9-16,19-21H,17-18H2,1-8H3,(H,31,33)/t29-/m1/s1. The average molecular weight is 585 g/mol. The summed E-state index contributed by atoms with van der Waals surface area (Å²) in [6.07, 6.45) is -0.146. The maximum absolute atomic E-state index is 14.3. The van der Waals surface area contributed by atoms with Gasteiger partial charge in [0.25, 0.3) is 5.69 Å². The number of nitrogens with zero attached hydrogens (tertiary/aromatic N) is 1. The minimum Gasteiger partial charge on any atom is -0.468 e. The van der Waals surface area contributed by atoms with Gasteiger partial charge in [0.2, 0.25) is 11.3 Å². The van der Waals surface area contributed by atoms with Gasteiger partial charge in [0.05, 0.1) is 24.7 Å². The van der Waals surface area contributed by atoms with Crippen molar-refractivity contribution in [1.82, 2.24) is 0 Å². The SMILES string of the molecule is COC(=O)C(C(=O)OC)(c1ccccc1[N+](=O)[O-])[C@@]1(CCO[Si](C(C)C)(C(C)C)C(C)C)C(=O)Nc2ccccc21. The number of fused-ring (bicyclic) bond motifs is 1. The Morgan fingerprint density at radius 1 is 0.927 bits per heavy atom. The van der Waals surface area contributed by atoms with Crippen LogP contribution in [0.4, 0.5) is 11.4 Å². The van der Waals surface area contributed by atoms with Gasteiger partial charge < -0.3 is 19.2 Å². The van der Waals surface area contributed by atoms with Gasteiger partial charge in [0, 0.05) is 18.4 Å². The molecule has 0 aliphatic carbocycles. The number of nitro benzene ring substituents is 1. The van der Waals surface area contributed by atoms with Gasteiger partial charge in [-0.3, -0.25) is 24.5 Å². The smallest absolute Gasteiger partial charge is 0.329 e. The van der Waals surface area contributed by atoms with E-state index < -0.39 is 47.6 Å². The molecule has 0 saturated carbocycles. The first-order valence-electron chi connectivity index (χ1n) is 13.8. The molecule has 0 unspecified atom stereocenters. The molecule has 0 saturated heterocycles. The number of carbonyl (C=O) groups is 3. The summed E-state index contributed by atoms with van der Waals surface area (Å²) in [5.41, 5.74) is -4.00. The number of rotatable bonds is 12. The first kappa shape index (κ1) is 31.9. The van der Waals surface area contributed by atoms with Crippen molar-refractivity contribution in [3.8, 4) is 0 Å². The van der Waals surface area contributed by atoms with Gasteiger partial charge in [-0.25, -0.2) is 0 Å². The summed E-state index contributed by atoms with van der Waals surface area (Å²) < 4.78 is 17.3. The first-order valence-corrected chi connectivity index (χ1v) is 15.9. The highest BCUT2D eigenvalue weighted by atomic mass is 28.4. The zero-order valence-corrected chi connectivity index (χ0v) is 26.0. The number of anilines is 1. The minimum atomic E-state index is -2.57. The molecular formula is C30H40N2O8Si. The number of carbonyl (C=O) groups excluding carboxylic acids is 3. The second-order valence-corrected chi connectivity index (χ2v) is 16.8. The molecule has 1 aliphatic heterocycles. The Labute approximate surface area is 242 Å². The molecule has 1 heterocycles. The molecule has 2 aromatic carbocycles. The van der Waals surface area contributed by atoms with Gasteiger partial charge >= 0.3 is 11.9 Å². The van der Waals surface area contributed by atoms with E-state index in [2.05, 4.69) is 46.9 Å². The number of amides is 1. The number of para-hydroxylation sites is 2. The highest BCUT2D eigenvalue weighted by Crippen LogP contribution is 2.56. The van der Waals surface area contributed by atoms with Gasteiger partial charge in [-0.05, 0) is 34.7 Å². The van der Waals surface area contributed by atoms with E-state index in [1.54, 1.807) is 24.3 Å². The Hall–Kier alpha value is -3.57. The van der Waals surface area contributed by atoms with Crippen molar-refractivity contribution in [3.05, 3.63) is 69.8 Å². The third-order valence-electron chi connectivity index (χ3n) is 8.69. The zero-order chi connectivity index (χ0) is 30.8. The van der Waals surface area contributed by atoms with Crippen molar-refractivity contribution in [1.29, 1.82) is 0 Å². The molecule has 0 bridgehead atoms. The van der Waals surface area contributed by atoms with Crippen molar-refractivity contribution in [2.45, 2.75) is 75.4 Å². The molecule has 0 aromatic heterocycles. The molecular weight excluding hydrogens is 544 g/mol. The van der Waals surface area contributed by atoms with Crippen molar-refractivity contribution in [2.24, 2.45) is 0 Å². The minimum absolute atomic E-state index is 0.0128. The summed E-state index contributed by atoms with van der Waals surface area (Å²) in [6, 6.07) is 12.1. The molecule has 41 heavy (non-hydrogen) atoms. The van der Waals surface area contributed by atoms with E-state index in [-0.39, 0.29) is 35.2 Å². The maximum Gasteiger partial charge on any atom is 0.329 e. The molecule has 1 atom stereocenters. The van der Waals surface area contributed by atoms with E-state index in [9.17, 15) is 24.5 Å². The summed E-state index contributed by atoms with van der Waals surface area (Å²) in [5, 5.41) is 15.1. The Balaban J connectivity index is 2.43. The summed E-state index contributed by atoms with van der Waals surface area (Å²) in [7, 11) is -0.306. The van der Waals surface area contributed by atoms with E-state index in [1.165, 1.54) is 24.3 Å². The third kappa shape index (κ3) is 4.74. The fourth-order valence-electron chi connectivity index (χ4n) is 7.14. The van der Waals surface area contributed by atoms with Gasteiger partial charge in [-0.15, -0.1) is 0 Å². The lowest BCUT2D eigenvalue weighted by Crippen LogP contribution is -2.64. The number of ether oxygens (including phenoxy) is 2. The van der Waals surface area contributed by atoms with Gasteiger partial charge in [0.15, 0.2) is 8.32 Å². The van der Waals surface area contributed by atoms with Crippen LogP contribution in [0.3, 0.4) is 0 Å². The molecule has 3 rings (SSSR count). The lowest BCUT2D eigenvalue weighted by Gasteiger charge is -2.45. The Morgan fingerprint density at radius 2 is 1.44 bits per heavy atom. The summed E-state index contributed by atoms with van der Waals surface area (Å²) in [6.45, 7) is 12.8. The second kappa shape index (κ2) is 12.1. The number of hydrogen-bond donors (Lipinski definition) is 1. The number of benzene rings is 2. The van der Waals surface area contributed by atoms with E-state index >= 15 is 0 Å². The fourth-order valence-corrected chi connectivity index (χ4v) is 12.6.